The van der Waals surface area contributed by atoms with Gasteiger partial charge in [0.25, 0.3) is 0 Å². The molecule has 0 fully saturated rings. The maximum atomic E-state index is 13.3. The topological polar surface area (TPSA) is 54.8 Å². The number of ether oxygens (including phenoxy) is 1. The van der Waals surface area contributed by atoms with Crippen molar-refractivity contribution in [3.63, 3.8) is 0 Å². The van der Waals surface area contributed by atoms with E-state index in [0.29, 0.717) is 26.1 Å². The molecule has 0 radical (unpaired) electrons. The van der Waals surface area contributed by atoms with E-state index in [1.165, 1.54) is 5.56 Å². The second kappa shape index (κ2) is 11.9. The first-order chi connectivity index (χ1) is 15.1. The summed E-state index contributed by atoms with van der Waals surface area (Å²) in [6.07, 6.45) is 2.44. The summed E-state index contributed by atoms with van der Waals surface area (Å²) in [5.74, 6) is -0.0649. The highest BCUT2D eigenvalue weighted by molar-refractivity contribution is 5.85. The minimum Gasteiger partial charge on any atom is -0.383 e. The van der Waals surface area contributed by atoms with Crippen LogP contribution in [-0.2, 0) is 27.4 Å². The van der Waals surface area contributed by atoms with Crippen LogP contribution in [0.3, 0.4) is 0 Å². The van der Waals surface area contributed by atoms with Crippen LogP contribution in [0.4, 0.5) is 0 Å². The summed E-state index contributed by atoms with van der Waals surface area (Å²) in [4.78, 5) is 29.7. The lowest BCUT2D eigenvalue weighted by Gasteiger charge is -2.31. The summed E-state index contributed by atoms with van der Waals surface area (Å²) in [6, 6.07) is 14.4. The first kappa shape index (κ1) is 25.7. The molecule has 0 saturated carbocycles. The maximum absolute atomic E-state index is 13.3. The predicted octanol–water partition coefficient (Wildman–Crippen LogP) is 4.18. The monoisotopic (exact) mass is 441 g/mol. The van der Waals surface area contributed by atoms with Crippen LogP contribution in [0.1, 0.15) is 52.3 Å². The highest BCUT2D eigenvalue weighted by atomic mass is 16.5. The summed E-state index contributed by atoms with van der Waals surface area (Å²) in [6.45, 7) is 12.3. The lowest BCUT2D eigenvalue weighted by Crippen LogP contribution is -2.46. The van der Waals surface area contributed by atoms with Crippen molar-refractivity contribution in [1.29, 1.82) is 0 Å². The third-order valence-corrected chi connectivity index (χ3v) is 5.32. The van der Waals surface area contributed by atoms with Gasteiger partial charge in [0.05, 0.1) is 19.7 Å². The van der Waals surface area contributed by atoms with Crippen molar-refractivity contribution in [3.05, 3.63) is 59.9 Å². The summed E-state index contributed by atoms with van der Waals surface area (Å²) in [7, 11) is 1.61. The fourth-order valence-electron chi connectivity index (χ4n) is 3.57. The number of nitrogens with zero attached hydrogens (tertiary/aromatic N) is 3. The minimum absolute atomic E-state index is 0.0148. The standard InChI is InChI=1S/C26H39N3O3/c1-21(2)29(19-23-13-10-14-27(23)18-22-11-8-7-9-12-22)25(31)20-28(15-16-32-6)24(30)17-26(3,4)5/h7-14,21H,15-20H2,1-6H3. The second-order valence-electron chi connectivity index (χ2n) is 9.77. The van der Waals surface area contributed by atoms with Gasteiger partial charge in [-0.1, -0.05) is 51.1 Å². The maximum Gasteiger partial charge on any atom is 0.242 e. The predicted molar refractivity (Wildman–Crippen MR) is 128 cm³/mol. The molecule has 6 heteroatoms. The summed E-state index contributed by atoms with van der Waals surface area (Å²) in [5.41, 5.74) is 2.15. The number of carbonyl (C=O) groups excluding carboxylic acids is 2. The highest BCUT2D eigenvalue weighted by Gasteiger charge is 2.26. The van der Waals surface area contributed by atoms with Crippen molar-refractivity contribution in [2.75, 3.05) is 26.8 Å². The van der Waals surface area contributed by atoms with Gasteiger partial charge in [-0.2, -0.15) is 0 Å². The van der Waals surface area contributed by atoms with Crippen molar-refractivity contribution >= 4 is 11.8 Å². The molecule has 176 valence electrons. The molecule has 0 aliphatic heterocycles. The number of benzene rings is 1. The Labute approximate surface area is 193 Å². The van der Waals surface area contributed by atoms with Crippen molar-refractivity contribution < 1.29 is 14.3 Å². The van der Waals surface area contributed by atoms with Crippen LogP contribution in [-0.4, -0.2) is 59.0 Å². The molecule has 1 aromatic heterocycles. The van der Waals surface area contributed by atoms with E-state index in [1.54, 1.807) is 12.0 Å². The van der Waals surface area contributed by atoms with Gasteiger partial charge in [-0.3, -0.25) is 9.59 Å². The van der Waals surface area contributed by atoms with Crippen LogP contribution < -0.4 is 0 Å². The smallest absolute Gasteiger partial charge is 0.242 e. The van der Waals surface area contributed by atoms with Gasteiger partial charge >= 0.3 is 0 Å². The zero-order valence-corrected chi connectivity index (χ0v) is 20.5. The zero-order valence-electron chi connectivity index (χ0n) is 20.5. The van der Waals surface area contributed by atoms with Crippen molar-refractivity contribution in [1.82, 2.24) is 14.4 Å². The van der Waals surface area contributed by atoms with Crippen LogP contribution in [0.5, 0.6) is 0 Å². The van der Waals surface area contributed by atoms with Crippen LogP contribution in [0.15, 0.2) is 48.7 Å². The molecule has 1 heterocycles. The van der Waals surface area contributed by atoms with Gasteiger partial charge in [0.2, 0.25) is 11.8 Å². The van der Waals surface area contributed by atoms with Gasteiger partial charge in [-0.15, -0.1) is 0 Å². The zero-order chi connectivity index (χ0) is 23.7. The molecule has 1 aromatic carbocycles. The molecule has 0 unspecified atom stereocenters. The number of hydrogen-bond acceptors (Lipinski definition) is 3. The quantitative estimate of drug-likeness (QED) is 0.526. The van der Waals surface area contributed by atoms with Crippen molar-refractivity contribution in [2.45, 2.75) is 60.2 Å². The van der Waals surface area contributed by atoms with Gasteiger partial charge in [-0.05, 0) is 37.0 Å². The Morgan fingerprint density at radius 3 is 2.31 bits per heavy atom. The Hall–Kier alpha value is -2.60. The fraction of sp³-hybridized carbons (Fsp3) is 0.538. The van der Waals surface area contributed by atoms with Gasteiger partial charge in [0, 0.05) is 44.6 Å². The van der Waals surface area contributed by atoms with Gasteiger partial charge < -0.3 is 19.1 Å². The molecular formula is C26H39N3O3. The molecular weight excluding hydrogens is 402 g/mol. The van der Waals surface area contributed by atoms with Crippen LogP contribution in [0, 0.1) is 5.41 Å². The molecule has 2 amide bonds. The molecule has 6 nitrogen and oxygen atoms in total. The molecule has 0 bridgehead atoms. The van der Waals surface area contributed by atoms with Crippen LogP contribution in [0.25, 0.3) is 0 Å². The summed E-state index contributed by atoms with van der Waals surface area (Å²) >= 11 is 0. The van der Waals surface area contributed by atoms with Gasteiger partial charge in [-0.25, -0.2) is 0 Å². The van der Waals surface area contributed by atoms with E-state index < -0.39 is 0 Å². The number of aromatic nitrogens is 1. The highest BCUT2D eigenvalue weighted by Crippen LogP contribution is 2.20. The summed E-state index contributed by atoms with van der Waals surface area (Å²) in [5, 5.41) is 0. The Morgan fingerprint density at radius 1 is 1.03 bits per heavy atom. The van der Waals surface area contributed by atoms with Crippen LogP contribution in [0.2, 0.25) is 0 Å². The SMILES string of the molecule is COCCN(CC(=O)N(Cc1cccn1Cc1ccccc1)C(C)C)C(=O)CC(C)(C)C. The van der Waals surface area contributed by atoms with Crippen molar-refractivity contribution in [2.24, 2.45) is 5.41 Å². The Kier molecular flexibility index (Phi) is 9.51. The van der Waals surface area contributed by atoms with E-state index in [9.17, 15) is 9.59 Å². The first-order valence-electron chi connectivity index (χ1n) is 11.3. The molecule has 2 aromatic rings. The van der Waals surface area contributed by atoms with Crippen molar-refractivity contribution in [3.8, 4) is 0 Å². The molecule has 32 heavy (non-hydrogen) atoms. The second-order valence-corrected chi connectivity index (χ2v) is 9.77. The molecule has 0 spiro atoms. The van der Waals surface area contributed by atoms with E-state index in [4.69, 9.17) is 4.74 Å². The largest absolute Gasteiger partial charge is 0.383 e. The molecule has 0 aliphatic carbocycles. The minimum atomic E-state index is -0.137. The number of methoxy groups -OCH3 is 1. The number of amides is 2. The lowest BCUT2D eigenvalue weighted by molar-refractivity contribution is -0.143. The fourth-order valence-corrected chi connectivity index (χ4v) is 3.57. The van der Waals surface area contributed by atoms with Crippen LogP contribution >= 0.6 is 0 Å². The lowest BCUT2D eigenvalue weighted by atomic mass is 9.91. The Morgan fingerprint density at radius 2 is 1.72 bits per heavy atom. The number of carbonyl (C=O) groups is 2. The molecule has 2 rings (SSSR count). The summed E-state index contributed by atoms with van der Waals surface area (Å²) < 4.78 is 7.35. The number of rotatable bonds is 11. The normalized spacial score (nSPS) is 11.6. The number of hydrogen-bond donors (Lipinski definition) is 0. The third kappa shape index (κ3) is 8.15. The average molecular weight is 442 g/mol. The van der Waals surface area contributed by atoms with E-state index in [0.717, 1.165) is 12.2 Å². The van der Waals surface area contributed by atoms with E-state index in [2.05, 4.69) is 22.8 Å². The molecule has 0 atom stereocenters. The molecule has 0 aliphatic rings. The van der Waals surface area contributed by atoms with Gasteiger partial charge in [0.15, 0.2) is 0 Å². The Bertz CT molecular complexity index is 853. The third-order valence-electron chi connectivity index (χ3n) is 5.32. The van der Waals surface area contributed by atoms with Gasteiger partial charge in [0.1, 0.15) is 0 Å². The van der Waals surface area contributed by atoms with E-state index in [-0.39, 0.29) is 29.8 Å². The van der Waals surface area contributed by atoms with E-state index >= 15 is 0 Å². The molecule has 0 N–H and O–H groups in total. The molecule has 0 saturated heterocycles. The Balaban J connectivity index is 2.13. The van der Waals surface area contributed by atoms with E-state index in [1.807, 2.05) is 70.0 Å². The average Bonchev–Trinajstić information content (AvgIpc) is 3.14. The first-order valence-corrected chi connectivity index (χ1v) is 11.3.